The van der Waals surface area contributed by atoms with E-state index in [1.807, 2.05) is 50.8 Å². The van der Waals surface area contributed by atoms with Crippen molar-refractivity contribution in [3.8, 4) is 11.1 Å². The van der Waals surface area contributed by atoms with Gasteiger partial charge in [0.25, 0.3) is 11.5 Å². The van der Waals surface area contributed by atoms with Crippen molar-refractivity contribution in [2.75, 3.05) is 0 Å². The van der Waals surface area contributed by atoms with Crippen LogP contribution in [-0.2, 0) is 13.6 Å². The van der Waals surface area contributed by atoms with Crippen molar-refractivity contribution in [1.82, 2.24) is 24.6 Å². The Balaban J connectivity index is 1.63. The van der Waals surface area contributed by atoms with Gasteiger partial charge in [0.2, 0.25) is 0 Å². The Hall–Kier alpha value is -4.13. The van der Waals surface area contributed by atoms with Crippen LogP contribution in [0.1, 0.15) is 52.6 Å². The summed E-state index contributed by atoms with van der Waals surface area (Å²) >= 11 is 0. The number of H-pyrrole nitrogens is 1. The van der Waals surface area contributed by atoms with Gasteiger partial charge in [0.15, 0.2) is 0 Å². The highest BCUT2D eigenvalue weighted by atomic mass is 16.1. The van der Waals surface area contributed by atoms with Gasteiger partial charge in [-0.2, -0.15) is 5.10 Å². The highest BCUT2D eigenvalue weighted by Crippen LogP contribution is 2.34. The molecule has 0 saturated heterocycles. The average Bonchev–Trinajstić information content (AvgIpc) is 3.37. The number of carbonyl (C=O) groups is 1. The van der Waals surface area contributed by atoms with Crippen LogP contribution >= 0.6 is 0 Å². The fourth-order valence-corrected chi connectivity index (χ4v) is 5.05. The summed E-state index contributed by atoms with van der Waals surface area (Å²) in [5.41, 5.74) is 7.73. The molecular weight excluding hydrogens is 450 g/mol. The fourth-order valence-electron chi connectivity index (χ4n) is 5.05. The van der Waals surface area contributed by atoms with Gasteiger partial charge in [-0.05, 0) is 81.1 Å². The zero-order chi connectivity index (χ0) is 25.7. The molecule has 0 aliphatic carbocycles. The van der Waals surface area contributed by atoms with Crippen LogP contribution in [0.4, 0.5) is 0 Å². The highest BCUT2D eigenvalue weighted by molar-refractivity contribution is 6.09. The van der Waals surface area contributed by atoms with Crippen molar-refractivity contribution in [3.05, 3.63) is 87.1 Å². The molecule has 7 heteroatoms. The van der Waals surface area contributed by atoms with Gasteiger partial charge < -0.3 is 14.9 Å². The first-order valence-electron chi connectivity index (χ1n) is 12.2. The number of amides is 1. The molecule has 3 heterocycles. The van der Waals surface area contributed by atoms with E-state index in [0.717, 1.165) is 49.8 Å². The number of rotatable bonds is 5. The van der Waals surface area contributed by atoms with E-state index in [0.29, 0.717) is 11.1 Å². The maximum atomic E-state index is 13.6. The highest BCUT2D eigenvalue weighted by Gasteiger charge is 2.19. The second-order valence-electron chi connectivity index (χ2n) is 9.90. The lowest BCUT2D eigenvalue weighted by Gasteiger charge is -2.14. The predicted molar refractivity (Wildman–Crippen MR) is 144 cm³/mol. The Labute approximate surface area is 209 Å². The van der Waals surface area contributed by atoms with E-state index in [4.69, 9.17) is 0 Å². The summed E-state index contributed by atoms with van der Waals surface area (Å²) in [5, 5.41) is 9.37. The minimum Gasteiger partial charge on any atom is -0.348 e. The van der Waals surface area contributed by atoms with E-state index in [2.05, 4.69) is 64.3 Å². The van der Waals surface area contributed by atoms with Gasteiger partial charge in [-0.3, -0.25) is 14.3 Å². The minimum atomic E-state index is -0.201. The first-order chi connectivity index (χ1) is 17.1. The average molecular weight is 482 g/mol. The molecule has 1 amide bonds. The molecule has 0 radical (unpaired) electrons. The second kappa shape index (κ2) is 8.82. The van der Waals surface area contributed by atoms with Crippen molar-refractivity contribution < 1.29 is 4.79 Å². The molecular formula is C29H31N5O2. The van der Waals surface area contributed by atoms with Gasteiger partial charge in [0.1, 0.15) is 0 Å². The fraction of sp³-hybridized carbons (Fsp3) is 0.276. The summed E-state index contributed by atoms with van der Waals surface area (Å²) in [6, 6.07) is 12.5. The van der Waals surface area contributed by atoms with Crippen molar-refractivity contribution in [1.29, 1.82) is 0 Å². The molecule has 0 atom stereocenters. The van der Waals surface area contributed by atoms with E-state index in [1.54, 1.807) is 0 Å². The molecule has 184 valence electrons. The Morgan fingerprint density at radius 2 is 1.78 bits per heavy atom. The number of pyridine rings is 1. The van der Waals surface area contributed by atoms with Crippen LogP contribution in [0.5, 0.6) is 0 Å². The van der Waals surface area contributed by atoms with Crippen LogP contribution in [0, 0.1) is 20.8 Å². The van der Waals surface area contributed by atoms with E-state index < -0.39 is 0 Å². The maximum absolute atomic E-state index is 13.6. The predicted octanol–water partition coefficient (Wildman–Crippen LogP) is 5.32. The van der Waals surface area contributed by atoms with Crippen LogP contribution in [-0.4, -0.2) is 25.2 Å². The topological polar surface area (TPSA) is 84.7 Å². The molecule has 5 aromatic rings. The molecule has 0 spiro atoms. The third kappa shape index (κ3) is 4.00. The normalized spacial score (nSPS) is 11.6. The van der Waals surface area contributed by atoms with Crippen LogP contribution in [0.2, 0.25) is 0 Å². The third-order valence-corrected chi connectivity index (χ3v) is 6.93. The maximum Gasteiger partial charge on any atom is 0.253 e. The number of fused-ring (bicyclic) bond motifs is 2. The molecule has 0 aliphatic heterocycles. The monoisotopic (exact) mass is 481 g/mol. The zero-order valence-electron chi connectivity index (χ0n) is 21.6. The molecule has 36 heavy (non-hydrogen) atoms. The van der Waals surface area contributed by atoms with Crippen LogP contribution < -0.4 is 10.9 Å². The van der Waals surface area contributed by atoms with Gasteiger partial charge in [0.05, 0.1) is 11.7 Å². The Kier molecular flexibility index (Phi) is 5.79. The van der Waals surface area contributed by atoms with E-state index in [-0.39, 0.29) is 24.1 Å². The molecule has 2 aromatic carbocycles. The van der Waals surface area contributed by atoms with Crippen LogP contribution in [0.3, 0.4) is 0 Å². The van der Waals surface area contributed by atoms with Gasteiger partial charge in [0, 0.05) is 58.9 Å². The lowest BCUT2D eigenvalue weighted by molar-refractivity contribution is 0.0952. The molecule has 5 rings (SSSR count). The molecule has 2 N–H and O–H groups in total. The summed E-state index contributed by atoms with van der Waals surface area (Å²) in [5.74, 6) is -0.201. The van der Waals surface area contributed by atoms with Crippen molar-refractivity contribution in [2.24, 2.45) is 7.05 Å². The summed E-state index contributed by atoms with van der Waals surface area (Å²) < 4.78 is 4.07. The van der Waals surface area contributed by atoms with E-state index >= 15 is 0 Å². The lowest BCUT2D eigenvalue weighted by Crippen LogP contribution is -2.28. The third-order valence-electron chi connectivity index (χ3n) is 6.93. The Morgan fingerprint density at radius 1 is 1.03 bits per heavy atom. The number of hydrogen-bond donors (Lipinski definition) is 2. The number of carbonyl (C=O) groups excluding carboxylic acids is 1. The minimum absolute atomic E-state index is 0.164. The zero-order valence-corrected chi connectivity index (χ0v) is 21.6. The molecule has 0 saturated carbocycles. The molecule has 7 nitrogen and oxygen atoms in total. The molecule has 0 bridgehead atoms. The van der Waals surface area contributed by atoms with Gasteiger partial charge >= 0.3 is 0 Å². The first kappa shape index (κ1) is 23.6. The van der Waals surface area contributed by atoms with Crippen molar-refractivity contribution >= 4 is 27.7 Å². The van der Waals surface area contributed by atoms with Gasteiger partial charge in [-0.25, -0.2) is 0 Å². The van der Waals surface area contributed by atoms with Gasteiger partial charge in [-0.1, -0.05) is 12.1 Å². The largest absolute Gasteiger partial charge is 0.348 e. The lowest BCUT2D eigenvalue weighted by atomic mass is 9.97. The van der Waals surface area contributed by atoms with Crippen LogP contribution in [0.25, 0.3) is 32.9 Å². The number of benzene rings is 2. The smallest absolute Gasteiger partial charge is 0.253 e. The number of aryl methyl sites for hydroxylation is 4. The van der Waals surface area contributed by atoms with E-state index in [9.17, 15) is 9.59 Å². The van der Waals surface area contributed by atoms with Gasteiger partial charge in [-0.15, -0.1) is 0 Å². The molecule has 0 unspecified atom stereocenters. The molecule has 0 aliphatic rings. The van der Waals surface area contributed by atoms with Crippen LogP contribution in [0.15, 0.2) is 53.6 Å². The summed E-state index contributed by atoms with van der Waals surface area (Å²) in [6.07, 6.45) is 3.96. The number of aromatic amines is 1. The molecule has 0 fully saturated rings. The summed E-state index contributed by atoms with van der Waals surface area (Å²) in [6.45, 7) is 10.2. The SMILES string of the molecule is Cc1cc(C)c(CNC(=O)c2cc(-c3ccc4cnn(C)c4c3)cc3c2c(C)cn3C(C)C)c(=O)[nH]1. The second-order valence-corrected chi connectivity index (χ2v) is 9.90. The van der Waals surface area contributed by atoms with Crippen molar-refractivity contribution in [2.45, 2.75) is 47.2 Å². The summed E-state index contributed by atoms with van der Waals surface area (Å²) in [7, 11) is 1.93. The van der Waals surface area contributed by atoms with E-state index in [1.165, 1.54) is 0 Å². The van der Waals surface area contributed by atoms with Crippen molar-refractivity contribution in [3.63, 3.8) is 0 Å². The quantitative estimate of drug-likeness (QED) is 0.356. The molecule has 3 aromatic heterocycles. The number of hydrogen-bond acceptors (Lipinski definition) is 3. The number of aromatic nitrogens is 4. The Bertz CT molecular complexity index is 1700. The number of nitrogens with one attached hydrogen (secondary N) is 2. The first-order valence-corrected chi connectivity index (χ1v) is 12.2. The Morgan fingerprint density at radius 3 is 2.50 bits per heavy atom. The number of nitrogens with zero attached hydrogens (tertiary/aromatic N) is 3. The standard InChI is InChI=1S/C29H31N5O2/c1-16(2)34-15-18(4)27-23(28(35)30-14-24-17(3)9-19(5)32-29(24)36)10-22(12-26(27)34)20-7-8-21-13-31-33(6)25(21)11-20/h7-13,15-16H,14H2,1-6H3,(H,30,35)(H,32,36). The summed E-state index contributed by atoms with van der Waals surface area (Å²) in [4.78, 5) is 28.9.